The topological polar surface area (TPSA) is 43.4 Å². The summed E-state index contributed by atoms with van der Waals surface area (Å²) in [4.78, 5) is 20.5. The van der Waals surface area contributed by atoms with Gasteiger partial charge in [-0.3, -0.25) is 9.59 Å². The molecule has 0 radical (unpaired) electrons. The first-order valence-corrected chi connectivity index (χ1v) is 2.64. The molecule has 1 rings (SSSR count). The molecule has 1 aliphatic heterocycles. The molecule has 0 amide bonds. The van der Waals surface area contributed by atoms with Crippen LogP contribution in [0.5, 0.6) is 0 Å². The Balaban J connectivity index is 2.63. The Morgan fingerprint density at radius 1 is 1.50 bits per heavy atom. The van der Waals surface area contributed by atoms with Crippen molar-refractivity contribution < 1.29 is 23.1 Å². The first-order valence-electron chi connectivity index (χ1n) is 2.64. The first-order chi connectivity index (χ1) is 4.61. The van der Waals surface area contributed by atoms with E-state index in [1.54, 1.807) is 0 Å². The third kappa shape index (κ3) is 1.12. The van der Waals surface area contributed by atoms with Crippen LogP contribution in [0.1, 0.15) is 6.42 Å². The average molecular weight is 150 g/mol. The van der Waals surface area contributed by atoms with Gasteiger partial charge in [0.15, 0.2) is 0 Å². The molecule has 10 heavy (non-hydrogen) atoms. The first kappa shape index (κ1) is 7.11. The minimum Gasteiger partial charge on any atom is -0.393 e. The van der Waals surface area contributed by atoms with Gasteiger partial charge in [-0.2, -0.15) is 0 Å². The van der Waals surface area contributed by atoms with Crippen molar-refractivity contribution in [3.63, 3.8) is 0 Å². The van der Waals surface area contributed by atoms with E-state index in [1.165, 1.54) is 0 Å². The van der Waals surface area contributed by atoms with Gasteiger partial charge in [-0.25, -0.2) is 8.78 Å². The van der Waals surface area contributed by atoms with E-state index in [2.05, 4.69) is 4.74 Å². The molecule has 0 spiro atoms. The van der Waals surface area contributed by atoms with E-state index >= 15 is 0 Å². The summed E-state index contributed by atoms with van der Waals surface area (Å²) in [5.74, 6) is -3.51. The van der Waals surface area contributed by atoms with Gasteiger partial charge in [-0.1, -0.05) is 0 Å². The number of carbonyl (C=O) groups excluding carboxylic acids is 2. The van der Waals surface area contributed by atoms with Crippen LogP contribution in [0.2, 0.25) is 0 Å². The van der Waals surface area contributed by atoms with Crippen molar-refractivity contribution in [1.82, 2.24) is 0 Å². The standard InChI is InChI=1S/C5H4F2O3/c6-4(7)2-1-3(8)10-5(2)9/h2,4H,1H2. The third-order valence-electron chi connectivity index (χ3n) is 1.21. The van der Waals surface area contributed by atoms with Gasteiger partial charge in [0.05, 0.1) is 6.42 Å². The second-order valence-corrected chi connectivity index (χ2v) is 1.94. The number of halogens is 2. The number of hydrogen-bond acceptors (Lipinski definition) is 3. The molecule has 1 heterocycles. The Morgan fingerprint density at radius 2 is 2.10 bits per heavy atom. The predicted molar refractivity (Wildman–Crippen MR) is 25.2 cm³/mol. The van der Waals surface area contributed by atoms with Crippen LogP contribution in [-0.2, 0) is 14.3 Å². The van der Waals surface area contributed by atoms with Crippen LogP contribution in [-0.4, -0.2) is 18.4 Å². The zero-order chi connectivity index (χ0) is 7.72. The van der Waals surface area contributed by atoms with Gasteiger partial charge in [-0.15, -0.1) is 0 Å². The summed E-state index contributed by atoms with van der Waals surface area (Å²) >= 11 is 0. The van der Waals surface area contributed by atoms with Gasteiger partial charge in [0.2, 0.25) is 0 Å². The highest BCUT2D eigenvalue weighted by atomic mass is 19.3. The van der Waals surface area contributed by atoms with E-state index < -0.39 is 30.7 Å². The molecule has 1 atom stereocenters. The van der Waals surface area contributed by atoms with Crippen molar-refractivity contribution in [2.24, 2.45) is 5.92 Å². The van der Waals surface area contributed by atoms with Gasteiger partial charge in [0.25, 0.3) is 6.43 Å². The molecule has 1 aliphatic rings. The molecule has 0 saturated carbocycles. The fraction of sp³-hybridized carbons (Fsp3) is 0.600. The molecule has 3 nitrogen and oxygen atoms in total. The van der Waals surface area contributed by atoms with Gasteiger partial charge in [0, 0.05) is 0 Å². The van der Waals surface area contributed by atoms with Crippen molar-refractivity contribution in [2.45, 2.75) is 12.8 Å². The Hall–Kier alpha value is -1.00. The normalized spacial score (nSPS) is 25.7. The zero-order valence-electron chi connectivity index (χ0n) is 4.84. The molecule has 56 valence electrons. The molecule has 0 aliphatic carbocycles. The van der Waals surface area contributed by atoms with Gasteiger partial charge in [-0.05, 0) is 0 Å². The molecule has 5 heteroatoms. The Bertz CT molecular complexity index is 178. The minimum absolute atomic E-state index is 0.490. The number of esters is 2. The van der Waals surface area contributed by atoms with E-state index in [0.29, 0.717) is 0 Å². The van der Waals surface area contributed by atoms with Crippen LogP contribution in [0.3, 0.4) is 0 Å². The summed E-state index contributed by atoms with van der Waals surface area (Å²) < 4.78 is 27.3. The van der Waals surface area contributed by atoms with E-state index in [-0.39, 0.29) is 0 Å². The SMILES string of the molecule is O=C1CC(C(F)F)C(=O)O1. The van der Waals surface area contributed by atoms with Crippen LogP contribution < -0.4 is 0 Å². The maximum absolute atomic E-state index is 11.7. The van der Waals surface area contributed by atoms with E-state index in [0.717, 1.165) is 0 Å². The van der Waals surface area contributed by atoms with Crippen LogP contribution in [0, 0.1) is 5.92 Å². The lowest BCUT2D eigenvalue weighted by Gasteiger charge is -1.98. The van der Waals surface area contributed by atoms with Crippen molar-refractivity contribution >= 4 is 11.9 Å². The van der Waals surface area contributed by atoms with Crippen molar-refractivity contribution in [3.8, 4) is 0 Å². The number of hydrogen-bond donors (Lipinski definition) is 0. The lowest BCUT2D eigenvalue weighted by molar-refractivity contribution is -0.154. The largest absolute Gasteiger partial charge is 0.393 e. The summed E-state index contributed by atoms with van der Waals surface area (Å²) in [5, 5.41) is 0. The van der Waals surface area contributed by atoms with E-state index in [4.69, 9.17) is 0 Å². The molecule has 1 fully saturated rings. The fourth-order valence-corrected chi connectivity index (χ4v) is 0.684. The van der Waals surface area contributed by atoms with Crippen LogP contribution in [0.25, 0.3) is 0 Å². The Labute approximate surface area is 55.0 Å². The van der Waals surface area contributed by atoms with Gasteiger partial charge in [0.1, 0.15) is 5.92 Å². The predicted octanol–water partition coefficient (Wildman–Crippen LogP) is 0.341. The molecule has 0 aromatic heterocycles. The second-order valence-electron chi connectivity index (χ2n) is 1.94. The Morgan fingerprint density at radius 3 is 2.30 bits per heavy atom. The number of alkyl halides is 2. The van der Waals surface area contributed by atoms with Crippen molar-refractivity contribution in [1.29, 1.82) is 0 Å². The summed E-state index contributed by atoms with van der Waals surface area (Å²) in [6.07, 6.45) is -3.28. The molecule has 0 aromatic carbocycles. The Kier molecular flexibility index (Phi) is 1.65. The highest BCUT2D eigenvalue weighted by molar-refractivity contribution is 5.94. The quantitative estimate of drug-likeness (QED) is 0.400. The molecular formula is C5H4F2O3. The van der Waals surface area contributed by atoms with Crippen molar-refractivity contribution in [3.05, 3.63) is 0 Å². The lowest BCUT2D eigenvalue weighted by atomic mass is 10.1. The number of rotatable bonds is 1. The molecular weight excluding hydrogens is 146 g/mol. The molecule has 1 saturated heterocycles. The average Bonchev–Trinajstić information content (AvgIpc) is 2.10. The van der Waals surface area contributed by atoms with Crippen molar-refractivity contribution in [2.75, 3.05) is 0 Å². The van der Waals surface area contributed by atoms with E-state index in [9.17, 15) is 18.4 Å². The lowest BCUT2D eigenvalue weighted by Crippen LogP contribution is -2.16. The van der Waals surface area contributed by atoms with Crippen LogP contribution in [0.4, 0.5) is 8.78 Å². The van der Waals surface area contributed by atoms with E-state index in [1.807, 2.05) is 0 Å². The second kappa shape index (κ2) is 2.32. The number of ether oxygens (including phenoxy) is 1. The minimum atomic E-state index is -2.79. The maximum Gasteiger partial charge on any atom is 0.323 e. The zero-order valence-corrected chi connectivity index (χ0v) is 4.84. The van der Waals surface area contributed by atoms with Crippen LogP contribution in [0.15, 0.2) is 0 Å². The summed E-state index contributed by atoms with van der Waals surface area (Å²) in [6, 6.07) is 0. The fourth-order valence-electron chi connectivity index (χ4n) is 0.684. The van der Waals surface area contributed by atoms with Gasteiger partial charge < -0.3 is 4.74 Å². The number of cyclic esters (lactones) is 2. The molecule has 0 N–H and O–H groups in total. The number of carbonyl (C=O) groups is 2. The third-order valence-corrected chi connectivity index (χ3v) is 1.21. The summed E-state index contributed by atoms with van der Waals surface area (Å²) in [5.41, 5.74) is 0. The van der Waals surface area contributed by atoms with Gasteiger partial charge >= 0.3 is 11.9 Å². The summed E-state index contributed by atoms with van der Waals surface area (Å²) in [6.45, 7) is 0. The smallest absolute Gasteiger partial charge is 0.323 e. The van der Waals surface area contributed by atoms with Crippen LogP contribution >= 0.6 is 0 Å². The monoisotopic (exact) mass is 150 g/mol. The molecule has 0 aromatic rings. The molecule has 0 bridgehead atoms. The highest BCUT2D eigenvalue weighted by Gasteiger charge is 2.39. The molecule has 1 unspecified atom stereocenters. The maximum atomic E-state index is 11.7. The summed E-state index contributed by atoms with van der Waals surface area (Å²) in [7, 11) is 0. The highest BCUT2D eigenvalue weighted by Crippen LogP contribution is 2.22.